The SMILES string of the molecule is Cc1c(Br)cc(F)c(O)c1C(C)(C)O. The number of hydrogen-bond acceptors (Lipinski definition) is 2. The van der Waals surface area contributed by atoms with Crippen LogP contribution in [0.25, 0.3) is 0 Å². The summed E-state index contributed by atoms with van der Waals surface area (Å²) >= 11 is 3.16. The van der Waals surface area contributed by atoms with Gasteiger partial charge in [0.15, 0.2) is 11.6 Å². The third kappa shape index (κ3) is 1.91. The van der Waals surface area contributed by atoms with Crippen LogP contribution in [-0.2, 0) is 5.60 Å². The van der Waals surface area contributed by atoms with Gasteiger partial charge in [0.2, 0.25) is 0 Å². The molecule has 0 aromatic heterocycles. The highest BCUT2D eigenvalue weighted by atomic mass is 79.9. The predicted molar refractivity (Wildman–Crippen MR) is 55.7 cm³/mol. The summed E-state index contributed by atoms with van der Waals surface area (Å²) in [6.07, 6.45) is 0. The lowest BCUT2D eigenvalue weighted by Crippen LogP contribution is -2.18. The number of phenols is 1. The first-order valence-corrected chi connectivity index (χ1v) is 4.95. The smallest absolute Gasteiger partial charge is 0.166 e. The van der Waals surface area contributed by atoms with Gasteiger partial charge in [-0.2, -0.15) is 0 Å². The van der Waals surface area contributed by atoms with E-state index in [1.54, 1.807) is 6.92 Å². The molecule has 0 radical (unpaired) electrons. The average molecular weight is 263 g/mol. The Kier molecular flexibility index (Phi) is 2.88. The van der Waals surface area contributed by atoms with Crippen molar-refractivity contribution in [2.45, 2.75) is 26.4 Å². The number of hydrogen-bond donors (Lipinski definition) is 2. The van der Waals surface area contributed by atoms with Crippen molar-refractivity contribution in [2.75, 3.05) is 0 Å². The zero-order valence-electron chi connectivity index (χ0n) is 8.23. The highest BCUT2D eigenvalue weighted by Crippen LogP contribution is 2.37. The van der Waals surface area contributed by atoms with Gasteiger partial charge in [-0.3, -0.25) is 0 Å². The van der Waals surface area contributed by atoms with Crippen LogP contribution in [0.2, 0.25) is 0 Å². The molecule has 78 valence electrons. The second-order valence-electron chi connectivity index (χ2n) is 3.75. The summed E-state index contributed by atoms with van der Waals surface area (Å²) in [5.41, 5.74) is -0.417. The van der Waals surface area contributed by atoms with Crippen LogP contribution in [0.4, 0.5) is 4.39 Å². The van der Waals surface area contributed by atoms with Crippen LogP contribution in [0.1, 0.15) is 25.0 Å². The maximum Gasteiger partial charge on any atom is 0.166 e. The molecule has 0 aliphatic heterocycles. The van der Waals surface area contributed by atoms with E-state index >= 15 is 0 Å². The molecule has 0 aliphatic carbocycles. The van der Waals surface area contributed by atoms with Crippen LogP contribution in [-0.4, -0.2) is 10.2 Å². The molecule has 0 heterocycles. The monoisotopic (exact) mass is 262 g/mol. The van der Waals surface area contributed by atoms with Gasteiger partial charge in [-0.25, -0.2) is 4.39 Å². The van der Waals surface area contributed by atoms with Crippen molar-refractivity contribution < 1.29 is 14.6 Å². The van der Waals surface area contributed by atoms with Crippen molar-refractivity contribution in [3.05, 3.63) is 27.5 Å². The number of phenolic OH excluding ortho intramolecular Hbond substituents is 1. The van der Waals surface area contributed by atoms with Gasteiger partial charge in [-0.15, -0.1) is 0 Å². The molecule has 0 spiro atoms. The van der Waals surface area contributed by atoms with Crippen molar-refractivity contribution in [3.8, 4) is 5.75 Å². The minimum absolute atomic E-state index is 0.212. The second kappa shape index (κ2) is 3.51. The van der Waals surface area contributed by atoms with E-state index < -0.39 is 17.2 Å². The zero-order chi connectivity index (χ0) is 11.1. The van der Waals surface area contributed by atoms with E-state index in [1.165, 1.54) is 19.9 Å². The van der Waals surface area contributed by atoms with Crippen LogP contribution in [0.5, 0.6) is 5.75 Å². The van der Waals surface area contributed by atoms with Crippen molar-refractivity contribution in [1.29, 1.82) is 0 Å². The molecule has 4 heteroatoms. The molecule has 0 aliphatic rings. The fraction of sp³-hybridized carbons (Fsp3) is 0.400. The molecule has 0 saturated carbocycles. The molecule has 0 atom stereocenters. The molecule has 0 fully saturated rings. The van der Waals surface area contributed by atoms with Gasteiger partial charge < -0.3 is 10.2 Å². The maximum atomic E-state index is 13.2. The number of aromatic hydroxyl groups is 1. The van der Waals surface area contributed by atoms with Gasteiger partial charge >= 0.3 is 0 Å². The molecular weight excluding hydrogens is 251 g/mol. The second-order valence-corrected chi connectivity index (χ2v) is 4.60. The lowest BCUT2D eigenvalue weighted by Gasteiger charge is -2.22. The van der Waals surface area contributed by atoms with Gasteiger partial charge in [0, 0.05) is 10.0 Å². The highest BCUT2D eigenvalue weighted by molar-refractivity contribution is 9.10. The zero-order valence-corrected chi connectivity index (χ0v) is 9.81. The molecule has 2 nitrogen and oxygen atoms in total. The van der Waals surface area contributed by atoms with Crippen molar-refractivity contribution >= 4 is 15.9 Å². The topological polar surface area (TPSA) is 40.5 Å². The minimum atomic E-state index is -1.27. The Bertz CT molecular complexity index is 343. The summed E-state index contributed by atoms with van der Waals surface area (Å²) in [6.45, 7) is 4.71. The summed E-state index contributed by atoms with van der Waals surface area (Å²) in [5.74, 6) is -1.22. The third-order valence-electron chi connectivity index (χ3n) is 2.06. The standard InChI is InChI=1S/C10H12BrFO2/c1-5-6(11)4-7(12)9(13)8(5)10(2,3)14/h4,13-14H,1-3H3. The van der Waals surface area contributed by atoms with E-state index in [1.807, 2.05) is 0 Å². The highest BCUT2D eigenvalue weighted by Gasteiger charge is 2.26. The first-order chi connectivity index (χ1) is 6.25. The Morgan fingerprint density at radius 3 is 2.36 bits per heavy atom. The number of aliphatic hydroxyl groups is 1. The van der Waals surface area contributed by atoms with Gasteiger partial charge in [0.25, 0.3) is 0 Å². The normalized spacial score (nSPS) is 11.9. The van der Waals surface area contributed by atoms with Crippen LogP contribution in [0.15, 0.2) is 10.5 Å². The van der Waals surface area contributed by atoms with Crippen LogP contribution >= 0.6 is 15.9 Å². The summed E-state index contributed by atoms with van der Waals surface area (Å²) in [7, 11) is 0. The Balaban J connectivity index is 3.56. The van der Waals surface area contributed by atoms with Gasteiger partial charge in [-0.05, 0) is 32.4 Å². The molecule has 2 N–H and O–H groups in total. The van der Waals surface area contributed by atoms with Crippen molar-refractivity contribution in [1.82, 2.24) is 0 Å². The summed E-state index contributed by atoms with van der Waals surface area (Å²) < 4.78 is 13.7. The molecule has 14 heavy (non-hydrogen) atoms. The van der Waals surface area contributed by atoms with E-state index in [9.17, 15) is 14.6 Å². The lowest BCUT2D eigenvalue weighted by molar-refractivity contribution is 0.0743. The molecule has 1 aromatic carbocycles. The number of halogens is 2. The van der Waals surface area contributed by atoms with E-state index in [2.05, 4.69) is 15.9 Å². The van der Waals surface area contributed by atoms with Crippen LogP contribution in [0.3, 0.4) is 0 Å². The van der Waals surface area contributed by atoms with Crippen LogP contribution < -0.4 is 0 Å². The molecule has 0 unspecified atom stereocenters. The summed E-state index contributed by atoms with van der Waals surface area (Å²) in [4.78, 5) is 0. The van der Waals surface area contributed by atoms with Crippen LogP contribution in [0, 0.1) is 12.7 Å². The Hall–Kier alpha value is -0.610. The Morgan fingerprint density at radius 1 is 1.43 bits per heavy atom. The first-order valence-electron chi connectivity index (χ1n) is 4.15. The van der Waals surface area contributed by atoms with Gasteiger partial charge in [0.1, 0.15) is 0 Å². The molecule has 1 rings (SSSR count). The first kappa shape index (κ1) is 11.5. The Labute approximate surface area is 90.5 Å². The van der Waals surface area contributed by atoms with Gasteiger partial charge in [-0.1, -0.05) is 15.9 Å². The Morgan fingerprint density at radius 2 is 1.93 bits per heavy atom. The average Bonchev–Trinajstić information content (AvgIpc) is 1.98. The van der Waals surface area contributed by atoms with Gasteiger partial charge in [0.05, 0.1) is 5.60 Å². The predicted octanol–water partition coefficient (Wildman–Crippen LogP) is 2.83. The maximum absolute atomic E-state index is 13.2. The minimum Gasteiger partial charge on any atom is -0.505 e. The summed E-state index contributed by atoms with van der Waals surface area (Å²) in [5, 5.41) is 19.2. The van der Waals surface area contributed by atoms with Crippen molar-refractivity contribution in [3.63, 3.8) is 0 Å². The van der Waals surface area contributed by atoms with Crippen molar-refractivity contribution in [2.24, 2.45) is 0 Å². The largest absolute Gasteiger partial charge is 0.505 e. The summed E-state index contributed by atoms with van der Waals surface area (Å²) in [6, 6.07) is 1.18. The quantitative estimate of drug-likeness (QED) is 0.817. The fourth-order valence-corrected chi connectivity index (χ4v) is 1.85. The van der Waals surface area contributed by atoms with E-state index in [4.69, 9.17) is 0 Å². The number of rotatable bonds is 1. The fourth-order valence-electron chi connectivity index (χ4n) is 1.45. The van der Waals surface area contributed by atoms with E-state index in [-0.39, 0.29) is 5.56 Å². The molecule has 0 amide bonds. The molecule has 0 saturated heterocycles. The third-order valence-corrected chi connectivity index (χ3v) is 2.89. The molecule has 1 aromatic rings. The molecular formula is C10H12BrFO2. The van der Waals surface area contributed by atoms with E-state index in [0.29, 0.717) is 10.0 Å². The lowest BCUT2D eigenvalue weighted by atomic mass is 9.93. The number of benzene rings is 1. The van der Waals surface area contributed by atoms with E-state index in [0.717, 1.165) is 0 Å². The molecule has 0 bridgehead atoms.